The molecule has 330 valence electrons. The highest BCUT2D eigenvalue weighted by Crippen LogP contribution is 2.36. The Hall–Kier alpha value is -6.88. The molecule has 19 heteroatoms. The second-order valence-corrected chi connectivity index (χ2v) is 18.2. The Morgan fingerprint density at radius 1 is 0.938 bits per heavy atom. The van der Waals surface area contributed by atoms with E-state index in [-0.39, 0.29) is 52.7 Å². The van der Waals surface area contributed by atoms with Gasteiger partial charge in [0.05, 0.1) is 22.3 Å². The summed E-state index contributed by atoms with van der Waals surface area (Å²) in [6, 6.07) is 21.4. The minimum absolute atomic E-state index is 0.0498. The fraction of sp³-hybridized carbons (Fsp3) is 0.333. The highest BCUT2D eigenvalue weighted by Gasteiger charge is 2.40. The molecule has 3 saturated heterocycles. The summed E-state index contributed by atoms with van der Waals surface area (Å²) in [5.41, 5.74) is 3.68. The summed E-state index contributed by atoms with van der Waals surface area (Å²) in [5.74, 6) is -1.70. The number of hydrogen-bond donors (Lipinski definition) is 2. The van der Waals surface area contributed by atoms with Crippen molar-refractivity contribution < 1.29 is 31.9 Å². The molecule has 4 aliphatic rings. The maximum Gasteiger partial charge on any atom is 0.301 e. The van der Waals surface area contributed by atoms with Crippen LogP contribution < -0.4 is 30.1 Å². The van der Waals surface area contributed by atoms with E-state index < -0.39 is 33.7 Å². The molecule has 3 fully saturated rings. The number of halogens is 1. The van der Waals surface area contributed by atoms with Crippen LogP contribution in [0.25, 0.3) is 16.6 Å². The Bertz CT molecular complexity index is 2910. The number of piperidine rings is 1. The summed E-state index contributed by atoms with van der Waals surface area (Å²) < 4.78 is 51.0. The zero-order valence-corrected chi connectivity index (χ0v) is 36.0. The van der Waals surface area contributed by atoms with E-state index in [1.807, 2.05) is 42.5 Å². The molecule has 64 heavy (non-hydrogen) atoms. The summed E-state index contributed by atoms with van der Waals surface area (Å²) in [7, 11) is -2.66. The largest absolute Gasteiger partial charge is 0.453 e. The van der Waals surface area contributed by atoms with Gasteiger partial charge in [-0.15, -0.1) is 0 Å². The number of fused-ring (bicyclic) bond motifs is 2. The van der Waals surface area contributed by atoms with E-state index in [1.54, 1.807) is 17.9 Å². The van der Waals surface area contributed by atoms with Gasteiger partial charge in [0.25, 0.3) is 11.5 Å². The SMILES string of the molecule is CCN(C)S(=O)(=O)Nc1ccc(F)c(Oc2ccc3ncn(-c4ccc(N5CCN(CC6CN(c7ccc8c(c7)CN(C7CCC(=O)NC7=O)C8=O)C6)CC5)cc4)c(=O)c3c2)c1C#N. The number of carbonyl (C=O) groups is 3. The molecule has 1 unspecified atom stereocenters. The van der Waals surface area contributed by atoms with Crippen molar-refractivity contribution in [3.05, 3.63) is 112 Å². The molecule has 4 aromatic carbocycles. The van der Waals surface area contributed by atoms with Crippen LogP contribution in [0.1, 0.15) is 41.3 Å². The average molecular weight is 889 g/mol. The molecule has 1 aromatic heterocycles. The second kappa shape index (κ2) is 17.0. The molecule has 5 aromatic rings. The average Bonchev–Trinajstić information content (AvgIpc) is 3.60. The highest BCUT2D eigenvalue weighted by molar-refractivity contribution is 7.90. The number of carbonyl (C=O) groups excluding carboxylic acids is 3. The van der Waals surface area contributed by atoms with Crippen LogP contribution >= 0.6 is 0 Å². The number of ether oxygens (including phenoxy) is 1. The lowest BCUT2D eigenvalue weighted by Gasteiger charge is -2.45. The van der Waals surface area contributed by atoms with Crippen LogP contribution in [-0.4, -0.2) is 115 Å². The van der Waals surface area contributed by atoms with E-state index in [4.69, 9.17) is 4.74 Å². The Kier molecular flexibility index (Phi) is 11.3. The van der Waals surface area contributed by atoms with Gasteiger partial charge >= 0.3 is 10.2 Å². The fourth-order valence-electron chi connectivity index (χ4n) is 8.74. The van der Waals surface area contributed by atoms with Gasteiger partial charge in [-0.2, -0.15) is 18.0 Å². The number of aromatic nitrogens is 2. The van der Waals surface area contributed by atoms with Gasteiger partial charge in [0.15, 0.2) is 11.6 Å². The molecule has 3 amide bonds. The number of piperazine rings is 1. The highest BCUT2D eigenvalue weighted by atomic mass is 32.2. The Labute approximate surface area is 368 Å². The molecule has 0 bridgehead atoms. The third-order valence-corrected chi connectivity index (χ3v) is 14.0. The molecule has 1 atom stereocenters. The monoisotopic (exact) mass is 888 g/mol. The van der Waals surface area contributed by atoms with Crippen LogP contribution in [0.2, 0.25) is 0 Å². The molecular weight excluding hydrogens is 844 g/mol. The molecule has 17 nitrogen and oxygen atoms in total. The summed E-state index contributed by atoms with van der Waals surface area (Å²) in [5, 5.41) is 12.4. The topological polar surface area (TPSA) is 194 Å². The smallest absolute Gasteiger partial charge is 0.301 e. The predicted molar refractivity (Wildman–Crippen MR) is 236 cm³/mol. The molecule has 5 heterocycles. The second-order valence-electron chi connectivity index (χ2n) is 16.4. The third kappa shape index (κ3) is 8.11. The minimum Gasteiger partial charge on any atom is -0.453 e. The first-order chi connectivity index (χ1) is 30.8. The standard InChI is InChI=1S/C45H45FN10O7S/c1-3-51(2)64(61,62)50-39-13-11-37(46)42(36(39)22-47)63-33-9-12-38-35(21-33)45(60)56(27-48-38)31-6-4-30(5-7-31)53-18-16-52(17-19-53)23-28-24-54(25-28)32-8-10-34-29(20-32)26-55(44(34)59)40-14-15-41(57)49-43(40)58/h4-13,20-21,27-28,40,50H,3,14-19,23-26H2,1-2H3,(H,49,57,58). The van der Waals surface area contributed by atoms with E-state index in [2.05, 4.69) is 35.8 Å². The quantitative estimate of drug-likeness (QED) is 0.173. The van der Waals surface area contributed by atoms with Crippen molar-refractivity contribution in [1.82, 2.24) is 29.0 Å². The molecule has 0 spiro atoms. The molecule has 4 aliphatic heterocycles. The number of rotatable bonds is 12. The van der Waals surface area contributed by atoms with Crippen LogP contribution in [0.3, 0.4) is 0 Å². The first-order valence-electron chi connectivity index (χ1n) is 21.1. The number of anilines is 3. The summed E-state index contributed by atoms with van der Waals surface area (Å²) in [6.07, 6.45) is 2.01. The van der Waals surface area contributed by atoms with Gasteiger partial charge < -0.3 is 19.4 Å². The summed E-state index contributed by atoms with van der Waals surface area (Å²) in [4.78, 5) is 64.2. The number of benzene rings is 4. The predicted octanol–water partition coefficient (Wildman–Crippen LogP) is 3.82. The molecule has 0 radical (unpaired) electrons. The van der Waals surface area contributed by atoms with Crippen molar-refractivity contribution in [3.8, 4) is 23.3 Å². The number of nitrogens with zero attached hydrogens (tertiary/aromatic N) is 8. The zero-order chi connectivity index (χ0) is 44.9. The number of imide groups is 1. The van der Waals surface area contributed by atoms with Crippen LogP contribution in [0.4, 0.5) is 21.5 Å². The van der Waals surface area contributed by atoms with Crippen LogP contribution in [0.5, 0.6) is 11.5 Å². The molecule has 0 saturated carbocycles. The Morgan fingerprint density at radius 2 is 1.67 bits per heavy atom. The van der Waals surface area contributed by atoms with Crippen LogP contribution in [0.15, 0.2) is 83.9 Å². The van der Waals surface area contributed by atoms with E-state index in [0.717, 1.165) is 79.2 Å². The van der Waals surface area contributed by atoms with Gasteiger partial charge in [-0.3, -0.25) is 38.7 Å². The Balaban J connectivity index is 0.796. The van der Waals surface area contributed by atoms with Gasteiger partial charge in [-0.05, 0) is 84.8 Å². The minimum atomic E-state index is -4.02. The van der Waals surface area contributed by atoms with Crippen molar-refractivity contribution in [2.45, 2.75) is 32.4 Å². The van der Waals surface area contributed by atoms with Gasteiger partial charge in [0.1, 0.15) is 29.8 Å². The number of nitrogens with one attached hydrogen (secondary N) is 2. The number of hydrogen-bond acceptors (Lipinski definition) is 12. The van der Waals surface area contributed by atoms with Crippen LogP contribution in [0, 0.1) is 23.1 Å². The maximum absolute atomic E-state index is 15.1. The summed E-state index contributed by atoms with van der Waals surface area (Å²) >= 11 is 0. The number of nitriles is 1. The van der Waals surface area contributed by atoms with Crippen molar-refractivity contribution in [1.29, 1.82) is 5.26 Å². The lowest BCUT2D eigenvalue weighted by Crippen LogP contribution is -2.55. The lowest BCUT2D eigenvalue weighted by atomic mass is 9.97. The molecule has 2 N–H and O–H groups in total. The van der Waals surface area contributed by atoms with Crippen molar-refractivity contribution in [2.75, 3.05) is 73.9 Å². The summed E-state index contributed by atoms with van der Waals surface area (Å²) in [6.45, 7) is 8.49. The van der Waals surface area contributed by atoms with Gasteiger partial charge in [0, 0.05) is 95.2 Å². The van der Waals surface area contributed by atoms with Gasteiger partial charge in [0.2, 0.25) is 11.8 Å². The normalized spacial score (nSPS) is 18.3. The van der Waals surface area contributed by atoms with E-state index in [1.165, 1.54) is 30.1 Å². The molecule has 0 aliphatic carbocycles. The van der Waals surface area contributed by atoms with E-state index >= 15 is 4.39 Å². The fourth-order valence-corrected chi connectivity index (χ4v) is 9.68. The lowest BCUT2D eigenvalue weighted by molar-refractivity contribution is -0.136. The zero-order valence-electron chi connectivity index (χ0n) is 35.2. The van der Waals surface area contributed by atoms with Crippen LogP contribution in [-0.2, 0) is 26.3 Å². The van der Waals surface area contributed by atoms with Crippen molar-refractivity contribution in [3.63, 3.8) is 0 Å². The van der Waals surface area contributed by atoms with Crippen molar-refractivity contribution >= 4 is 55.9 Å². The Morgan fingerprint density at radius 3 is 2.39 bits per heavy atom. The maximum atomic E-state index is 15.1. The number of amides is 3. The molecular formula is C45H45FN10O7S. The van der Waals surface area contributed by atoms with E-state index in [0.29, 0.717) is 35.7 Å². The first kappa shape index (κ1) is 42.4. The van der Waals surface area contributed by atoms with Gasteiger partial charge in [-0.25, -0.2) is 9.37 Å². The molecule has 9 rings (SSSR count). The van der Waals surface area contributed by atoms with E-state index in [9.17, 15) is 32.9 Å². The van der Waals surface area contributed by atoms with Crippen molar-refractivity contribution in [2.24, 2.45) is 5.92 Å². The third-order valence-electron chi connectivity index (χ3n) is 12.5. The first-order valence-corrected chi connectivity index (χ1v) is 22.5. The van der Waals surface area contributed by atoms with Gasteiger partial charge in [-0.1, -0.05) is 6.92 Å².